The number of likely N-dealkylation sites (tertiary alicyclic amines) is 1. The molecule has 150 valence electrons. The van der Waals surface area contributed by atoms with Gasteiger partial charge in [0.05, 0.1) is 29.3 Å². The van der Waals surface area contributed by atoms with Gasteiger partial charge in [0.25, 0.3) is 11.5 Å². The Morgan fingerprint density at radius 2 is 1.86 bits per heavy atom. The largest absolute Gasteiger partial charge is 0.337 e. The molecule has 7 heteroatoms. The summed E-state index contributed by atoms with van der Waals surface area (Å²) in [6.45, 7) is 6.01. The van der Waals surface area contributed by atoms with Gasteiger partial charge in [0.15, 0.2) is 0 Å². The molecule has 1 aliphatic heterocycles. The van der Waals surface area contributed by atoms with Crippen LogP contribution in [0.3, 0.4) is 0 Å². The molecule has 3 heterocycles. The third-order valence-corrected chi connectivity index (χ3v) is 5.52. The average molecular weight is 391 g/mol. The molecule has 0 spiro atoms. The highest BCUT2D eigenvalue weighted by Gasteiger charge is 2.25. The molecule has 29 heavy (non-hydrogen) atoms. The lowest BCUT2D eigenvalue weighted by molar-refractivity contribution is 0.0676. The van der Waals surface area contributed by atoms with Gasteiger partial charge in [-0.3, -0.25) is 19.1 Å². The van der Waals surface area contributed by atoms with E-state index in [-0.39, 0.29) is 17.4 Å². The normalized spacial score (nSPS) is 15.2. The van der Waals surface area contributed by atoms with Crippen LogP contribution in [0.25, 0.3) is 11.0 Å². The fraction of sp³-hybridized carbons (Fsp3) is 0.409. The van der Waals surface area contributed by atoms with Crippen LogP contribution in [0.15, 0.2) is 47.7 Å². The van der Waals surface area contributed by atoms with Crippen LogP contribution in [0.4, 0.5) is 0 Å². The van der Waals surface area contributed by atoms with E-state index in [1.54, 1.807) is 23.2 Å². The Bertz CT molecular complexity index is 1080. The summed E-state index contributed by atoms with van der Waals surface area (Å²) < 4.78 is 1.68. The Morgan fingerprint density at radius 1 is 1.14 bits per heavy atom. The predicted molar refractivity (Wildman–Crippen MR) is 111 cm³/mol. The Hall–Kier alpha value is -3.09. The standard InChI is InChI=1S/C22H25N5O2/c1-15(2)19-11-21(28)27(14-24-19)13-16-7-9-26(10-8-16)22(29)20-12-23-17-5-3-4-6-18(17)25-20/h3-6,11-12,14-16H,7-10,13H2,1-2H3. The van der Waals surface area contributed by atoms with E-state index in [2.05, 4.69) is 15.0 Å². The molecule has 0 N–H and O–H groups in total. The van der Waals surface area contributed by atoms with Gasteiger partial charge in [-0.15, -0.1) is 0 Å². The third-order valence-electron chi connectivity index (χ3n) is 5.52. The second-order valence-electron chi connectivity index (χ2n) is 7.94. The molecule has 1 aliphatic rings. The zero-order valence-corrected chi connectivity index (χ0v) is 16.8. The Kier molecular flexibility index (Phi) is 5.38. The van der Waals surface area contributed by atoms with Crippen LogP contribution in [0.5, 0.6) is 0 Å². The van der Waals surface area contributed by atoms with Crippen molar-refractivity contribution < 1.29 is 4.79 Å². The molecule has 0 saturated carbocycles. The topological polar surface area (TPSA) is 81.0 Å². The second-order valence-corrected chi connectivity index (χ2v) is 7.94. The van der Waals surface area contributed by atoms with Crippen molar-refractivity contribution in [2.24, 2.45) is 5.92 Å². The fourth-order valence-corrected chi connectivity index (χ4v) is 3.71. The van der Waals surface area contributed by atoms with Gasteiger partial charge < -0.3 is 4.90 Å². The minimum atomic E-state index is -0.0816. The molecule has 4 rings (SSSR count). The molecule has 0 atom stereocenters. The Balaban J connectivity index is 1.38. The summed E-state index contributed by atoms with van der Waals surface area (Å²) in [6, 6.07) is 9.16. The number of benzene rings is 1. The molecule has 0 bridgehead atoms. The van der Waals surface area contributed by atoms with E-state index in [1.165, 1.54) is 0 Å². The molecule has 1 amide bonds. The van der Waals surface area contributed by atoms with Crippen molar-refractivity contribution in [3.63, 3.8) is 0 Å². The van der Waals surface area contributed by atoms with Crippen molar-refractivity contribution in [3.8, 4) is 0 Å². The van der Waals surface area contributed by atoms with Crippen LogP contribution >= 0.6 is 0 Å². The minimum absolute atomic E-state index is 0.00589. The summed E-state index contributed by atoms with van der Waals surface area (Å²) in [5.74, 6) is 0.512. The molecule has 1 saturated heterocycles. The summed E-state index contributed by atoms with van der Waals surface area (Å²) >= 11 is 0. The maximum atomic E-state index is 12.8. The molecule has 7 nitrogen and oxygen atoms in total. The SMILES string of the molecule is CC(C)c1cc(=O)n(CC2CCN(C(=O)c3cnc4ccccc4n3)CC2)cn1. The number of carbonyl (C=O) groups excluding carboxylic acids is 1. The van der Waals surface area contributed by atoms with Crippen molar-refractivity contribution in [2.45, 2.75) is 39.2 Å². The van der Waals surface area contributed by atoms with E-state index >= 15 is 0 Å². The molecule has 2 aromatic heterocycles. The lowest BCUT2D eigenvalue weighted by Crippen LogP contribution is -2.40. The van der Waals surface area contributed by atoms with Crippen LogP contribution in [0.1, 0.15) is 48.8 Å². The van der Waals surface area contributed by atoms with E-state index < -0.39 is 0 Å². The lowest BCUT2D eigenvalue weighted by atomic mass is 9.96. The maximum absolute atomic E-state index is 12.8. The zero-order valence-electron chi connectivity index (χ0n) is 16.8. The van der Waals surface area contributed by atoms with Crippen molar-refractivity contribution >= 4 is 16.9 Å². The van der Waals surface area contributed by atoms with Gasteiger partial charge >= 0.3 is 0 Å². The molecular formula is C22H25N5O2. The molecule has 0 aliphatic carbocycles. The van der Waals surface area contributed by atoms with Crippen LogP contribution in [0, 0.1) is 5.92 Å². The monoisotopic (exact) mass is 391 g/mol. The molecule has 0 unspecified atom stereocenters. The Labute approximate surface area is 169 Å². The number of nitrogens with zero attached hydrogens (tertiary/aromatic N) is 5. The van der Waals surface area contributed by atoms with Crippen molar-refractivity contribution in [3.05, 3.63) is 64.6 Å². The van der Waals surface area contributed by atoms with Gasteiger partial charge in [0.1, 0.15) is 5.69 Å². The van der Waals surface area contributed by atoms with Gasteiger partial charge in [0.2, 0.25) is 0 Å². The number of piperidine rings is 1. The van der Waals surface area contributed by atoms with E-state index in [0.29, 0.717) is 31.2 Å². The van der Waals surface area contributed by atoms with Crippen LogP contribution in [-0.2, 0) is 6.54 Å². The van der Waals surface area contributed by atoms with Gasteiger partial charge in [-0.1, -0.05) is 26.0 Å². The highest BCUT2D eigenvalue weighted by atomic mass is 16.2. The van der Waals surface area contributed by atoms with E-state index in [0.717, 1.165) is 29.6 Å². The molecule has 1 aromatic carbocycles. The molecule has 0 radical (unpaired) electrons. The van der Waals surface area contributed by atoms with Crippen LogP contribution in [-0.4, -0.2) is 43.4 Å². The first-order valence-corrected chi connectivity index (χ1v) is 10.1. The van der Waals surface area contributed by atoms with E-state index in [4.69, 9.17) is 0 Å². The van der Waals surface area contributed by atoms with Crippen LogP contribution in [0.2, 0.25) is 0 Å². The van der Waals surface area contributed by atoms with E-state index in [9.17, 15) is 9.59 Å². The van der Waals surface area contributed by atoms with Crippen molar-refractivity contribution in [1.29, 1.82) is 0 Å². The number of rotatable bonds is 4. The molecular weight excluding hydrogens is 366 g/mol. The number of hydrogen-bond acceptors (Lipinski definition) is 5. The van der Waals surface area contributed by atoms with Crippen molar-refractivity contribution in [1.82, 2.24) is 24.4 Å². The first-order chi connectivity index (χ1) is 14.0. The number of hydrogen-bond donors (Lipinski definition) is 0. The molecule has 1 fully saturated rings. The quantitative estimate of drug-likeness (QED) is 0.683. The fourth-order valence-electron chi connectivity index (χ4n) is 3.71. The number of carbonyl (C=O) groups is 1. The second kappa shape index (κ2) is 8.11. The van der Waals surface area contributed by atoms with Gasteiger partial charge in [-0.2, -0.15) is 0 Å². The maximum Gasteiger partial charge on any atom is 0.274 e. The number of fused-ring (bicyclic) bond motifs is 1. The average Bonchev–Trinajstić information content (AvgIpc) is 2.74. The lowest BCUT2D eigenvalue weighted by Gasteiger charge is -2.32. The summed E-state index contributed by atoms with van der Waals surface area (Å²) in [5.41, 5.74) is 2.71. The van der Waals surface area contributed by atoms with Gasteiger partial charge in [-0.05, 0) is 36.8 Å². The predicted octanol–water partition coefficient (Wildman–Crippen LogP) is 2.86. The van der Waals surface area contributed by atoms with Gasteiger partial charge in [0, 0.05) is 25.7 Å². The zero-order chi connectivity index (χ0) is 20.4. The van der Waals surface area contributed by atoms with Gasteiger partial charge in [-0.25, -0.2) is 9.97 Å². The highest BCUT2D eigenvalue weighted by molar-refractivity contribution is 5.93. The minimum Gasteiger partial charge on any atom is -0.337 e. The van der Waals surface area contributed by atoms with Crippen LogP contribution < -0.4 is 5.56 Å². The summed E-state index contributed by atoms with van der Waals surface area (Å²) in [4.78, 5) is 40.2. The first-order valence-electron chi connectivity index (χ1n) is 10.1. The molecule has 3 aromatic rings. The first kappa shape index (κ1) is 19.2. The number of para-hydroxylation sites is 2. The summed E-state index contributed by atoms with van der Waals surface area (Å²) in [5, 5.41) is 0. The highest BCUT2D eigenvalue weighted by Crippen LogP contribution is 2.20. The summed E-state index contributed by atoms with van der Waals surface area (Å²) in [7, 11) is 0. The third kappa shape index (κ3) is 4.18. The number of amides is 1. The van der Waals surface area contributed by atoms with E-state index in [1.807, 2.05) is 43.0 Å². The summed E-state index contributed by atoms with van der Waals surface area (Å²) in [6.07, 6.45) is 4.91. The van der Waals surface area contributed by atoms with Crippen molar-refractivity contribution in [2.75, 3.05) is 13.1 Å². The Morgan fingerprint density at radius 3 is 2.55 bits per heavy atom. The smallest absolute Gasteiger partial charge is 0.274 e. The number of aromatic nitrogens is 4.